The molecular weight excluding hydrogens is 344 g/mol. The van der Waals surface area contributed by atoms with E-state index >= 15 is 0 Å². The van der Waals surface area contributed by atoms with Crippen molar-refractivity contribution in [1.82, 2.24) is 9.88 Å². The highest BCUT2D eigenvalue weighted by molar-refractivity contribution is 6.07. The Kier molecular flexibility index (Phi) is 6.06. The Balaban J connectivity index is 1.73. The molecule has 0 radical (unpaired) electrons. The number of hydrogen-bond acceptors (Lipinski definition) is 5. The molecule has 1 aromatic carbocycles. The van der Waals surface area contributed by atoms with Crippen LogP contribution in [-0.2, 0) is 4.79 Å². The number of carboxylic acids is 1. The van der Waals surface area contributed by atoms with Crippen molar-refractivity contribution in [3.63, 3.8) is 0 Å². The number of carboxylic acid groups (broad SMARTS) is 1. The van der Waals surface area contributed by atoms with Crippen LogP contribution >= 0.6 is 0 Å². The van der Waals surface area contributed by atoms with Crippen LogP contribution in [0.1, 0.15) is 36.0 Å². The Morgan fingerprint density at radius 2 is 2.11 bits per heavy atom. The quantitative estimate of drug-likeness (QED) is 0.754. The van der Waals surface area contributed by atoms with Crippen molar-refractivity contribution in [2.75, 3.05) is 27.2 Å². The monoisotopic (exact) mass is 370 g/mol. The molecule has 1 aromatic heterocycles. The summed E-state index contributed by atoms with van der Waals surface area (Å²) in [4.78, 5) is 30.6. The second-order valence-corrected chi connectivity index (χ2v) is 7.37. The minimum Gasteiger partial charge on any atom is -0.497 e. The summed E-state index contributed by atoms with van der Waals surface area (Å²) in [6.45, 7) is 1.73. The number of nitrogens with zero attached hydrogens (tertiary/aromatic N) is 2. The lowest BCUT2D eigenvalue weighted by atomic mass is 9.80. The van der Waals surface area contributed by atoms with E-state index in [9.17, 15) is 14.7 Å². The van der Waals surface area contributed by atoms with E-state index in [0.29, 0.717) is 17.7 Å². The fraction of sp³-hybridized carbons (Fsp3) is 0.476. The molecule has 3 rings (SSSR count). The number of aliphatic carboxylic acids is 1. The van der Waals surface area contributed by atoms with Gasteiger partial charge in [0.15, 0.2) is 5.78 Å². The van der Waals surface area contributed by atoms with Gasteiger partial charge in [-0.15, -0.1) is 0 Å². The van der Waals surface area contributed by atoms with Gasteiger partial charge in [0.1, 0.15) is 5.75 Å². The first kappa shape index (κ1) is 19.3. The zero-order valence-electron chi connectivity index (χ0n) is 15.9. The molecular formula is C21H26N2O4. The van der Waals surface area contributed by atoms with Gasteiger partial charge in [0.2, 0.25) is 0 Å². The number of piperidine rings is 1. The van der Waals surface area contributed by atoms with Gasteiger partial charge in [0.05, 0.1) is 12.6 Å². The molecule has 0 bridgehead atoms. The van der Waals surface area contributed by atoms with Crippen LogP contribution in [-0.4, -0.2) is 54.0 Å². The molecule has 27 heavy (non-hydrogen) atoms. The lowest BCUT2D eigenvalue weighted by molar-refractivity contribution is -0.139. The number of carbonyl (C=O) groups is 2. The molecule has 6 heteroatoms. The van der Waals surface area contributed by atoms with Crippen molar-refractivity contribution in [3.05, 3.63) is 36.0 Å². The van der Waals surface area contributed by atoms with E-state index in [-0.39, 0.29) is 24.0 Å². The summed E-state index contributed by atoms with van der Waals surface area (Å²) in [5, 5.41) is 9.99. The maximum atomic E-state index is 12.9. The van der Waals surface area contributed by atoms with Crippen LogP contribution in [0.2, 0.25) is 0 Å². The summed E-state index contributed by atoms with van der Waals surface area (Å²) in [6.07, 6.45) is 3.90. The first-order valence-electron chi connectivity index (χ1n) is 9.34. The number of carbonyl (C=O) groups excluding carboxylic acids is 1. The predicted molar refractivity (Wildman–Crippen MR) is 103 cm³/mol. The molecule has 144 valence electrons. The summed E-state index contributed by atoms with van der Waals surface area (Å²) in [7, 11) is 3.62. The fourth-order valence-electron chi connectivity index (χ4n) is 4.04. The topological polar surface area (TPSA) is 79.7 Å². The first-order valence-corrected chi connectivity index (χ1v) is 9.34. The summed E-state index contributed by atoms with van der Waals surface area (Å²) >= 11 is 0. The Morgan fingerprint density at radius 3 is 2.85 bits per heavy atom. The minimum absolute atomic E-state index is 0.0728. The SMILES string of the molecule is COc1ccc2nccc(C(=O)CC[C@@H]3CCN(C)C[C@@H]3CC(=O)O)c2c1. The number of benzene rings is 1. The molecule has 2 atom stereocenters. The smallest absolute Gasteiger partial charge is 0.303 e. The first-order chi connectivity index (χ1) is 13.0. The Morgan fingerprint density at radius 1 is 1.30 bits per heavy atom. The molecule has 6 nitrogen and oxygen atoms in total. The molecule has 1 N–H and O–H groups in total. The summed E-state index contributed by atoms with van der Waals surface area (Å²) in [5.41, 5.74) is 1.42. The zero-order valence-corrected chi connectivity index (χ0v) is 15.9. The predicted octanol–water partition coefficient (Wildman–Crippen LogP) is 3.25. The Hall–Kier alpha value is -2.47. The largest absolute Gasteiger partial charge is 0.497 e. The van der Waals surface area contributed by atoms with Crippen molar-refractivity contribution in [3.8, 4) is 5.75 Å². The highest BCUT2D eigenvalue weighted by Gasteiger charge is 2.29. The van der Waals surface area contributed by atoms with Gasteiger partial charge < -0.3 is 14.7 Å². The molecule has 0 spiro atoms. The minimum atomic E-state index is -0.765. The van der Waals surface area contributed by atoms with Crippen LogP contribution in [0.15, 0.2) is 30.5 Å². The van der Waals surface area contributed by atoms with Gasteiger partial charge in [0.25, 0.3) is 0 Å². The average molecular weight is 370 g/mol. The van der Waals surface area contributed by atoms with Crippen LogP contribution < -0.4 is 4.74 Å². The molecule has 2 aromatic rings. The standard InChI is InChI=1S/C21H26N2O4/c1-23-10-8-14(15(13-23)11-21(25)26)3-6-20(24)17-7-9-22-19-5-4-16(27-2)12-18(17)19/h4-5,7,9,12,14-15H,3,6,8,10-11,13H2,1-2H3,(H,25,26)/t14-,15+/m1/s1. The highest BCUT2D eigenvalue weighted by atomic mass is 16.5. The van der Waals surface area contributed by atoms with E-state index in [1.165, 1.54) is 0 Å². The number of likely N-dealkylation sites (tertiary alicyclic amines) is 1. The number of hydrogen-bond donors (Lipinski definition) is 1. The second kappa shape index (κ2) is 8.48. The molecule has 1 fully saturated rings. The third kappa shape index (κ3) is 4.63. The lowest BCUT2D eigenvalue weighted by Crippen LogP contribution is -2.39. The van der Waals surface area contributed by atoms with Gasteiger partial charge >= 0.3 is 5.97 Å². The number of ketones is 1. The van der Waals surface area contributed by atoms with E-state index in [1.807, 2.05) is 25.2 Å². The van der Waals surface area contributed by atoms with Crippen LogP contribution in [0.25, 0.3) is 10.9 Å². The average Bonchev–Trinajstić information content (AvgIpc) is 2.65. The van der Waals surface area contributed by atoms with Gasteiger partial charge in [0, 0.05) is 36.5 Å². The van der Waals surface area contributed by atoms with Crippen molar-refractivity contribution in [2.24, 2.45) is 11.8 Å². The number of aromatic nitrogens is 1. The summed E-state index contributed by atoms with van der Waals surface area (Å²) in [5.74, 6) is 0.371. The van der Waals surface area contributed by atoms with E-state index in [1.54, 1.807) is 19.4 Å². The third-order valence-corrected chi connectivity index (χ3v) is 5.52. The van der Waals surface area contributed by atoms with Gasteiger partial charge in [-0.1, -0.05) is 0 Å². The Labute approximate surface area is 159 Å². The number of ether oxygens (including phenoxy) is 1. The van der Waals surface area contributed by atoms with Crippen molar-refractivity contribution in [1.29, 1.82) is 0 Å². The van der Waals surface area contributed by atoms with Crippen LogP contribution in [0.4, 0.5) is 0 Å². The number of Topliss-reactive ketones (excluding diaryl/α,β-unsaturated/α-hetero) is 1. The van der Waals surface area contributed by atoms with E-state index in [2.05, 4.69) is 9.88 Å². The molecule has 2 heterocycles. The molecule has 0 unspecified atom stereocenters. The lowest BCUT2D eigenvalue weighted by Gasteiger charge is -2.36. The fourth-order valence-corrected chi connectivity index (χ4v) is 4.04. The number of methoxy groups -OCH3 is 1. The van der Waals surface area contributed by atoms with Crippen LogP contribution in [0, 0.1) is 11.8 Å². The van der Waals surface area contributed by atoms with Gasteiger partial charge in [-0.25, -0.2) is 0 Å². The zero-order chi connectivity index (χ0) is 19.4. The van der Waals surface area contributed by atoms with Gasteiger partial charge in [-0.05, 0) is 62.5 Å². The molecule has 1 aliphatic rings. The van der Waals surface area contributed by atoms with Gasteiger partial charge in [-0.3, -0.25) is 14.6 Å². The number of rotatable bonds is 7. The second-order valence-electron chi connectivity index (χ2n) is 7.37. The van der Waals surface area contributed by atoms with Crippen molar-refractivity contribution >= 4 is 22.7 Å². The maximum Gasteiger partial charge on any atom is 0.303 e. The number of fused-ring (bicyclic) bond motifs is 1. The normalized spacial score (nSPS) is 20.5. The van der Waals surface area contributed by atoms with Crippen molar-refractivity contribution in [2.45, 2.75) is 25.7 Å². The molecule has 1 saturated heterocycles. The maximum absolute atomic E-state index is 12.9. The molecule has 1 aliphatic heterocycles. The van der Waals surface area contributed by atoms with E-state index in [4.69, 9.17) is 4.74 Å². The van der Waals surface area contributed by atoms with Crippen LogP contribution in [0.3, 0.4) is 0 Å². The summed E-state index contributed by atoms with van der Waals surface area (Å²) < 4.78 is 5.27. The molecule has 0 aliphatic carbocycles. The Bertz CT molecular complexity index is 836. The third-order valence-electron chi connectivity index (χ3n) is 5.52. The van der Waals surface area contributed by atoms with Gasteiger partial charge in [-0.2, -0.15) is 0 Å². The van der Waals surface area contributed by atoms with Crippen LogP contribution in [0.5, 0.6) is 5.75 Å². The molecule has 0 saturated carbocycles. The molecule has 0 amide bonds. The highest BCUT2D eigenvalue weighted by Crippen LogP contribution is 2.31. The van der Waals surface area contributed by atoms with Crippen molar-refractivity contribution < 1.29 is 19.4 Å². The van der Waals surface area contributed by atoms with E-state index in [0.717, 1.165) is 36.8 Å². The van der Waals surface area contributed by atoms with E-state index < -0.39 is 5.97 Å². The summed E-state index contributed by atoms with van der Waals surface area (Å²) in [6, 6.07) is 7.29. The number of pyridine rings is 1.